The molecule has 134 valence electrons. The number of amides is 1. The third kappa shape index (κ3) is 6.70. The van der Waals surface area contributed by atoms with Crippen LogP contribution in [-0.4, -0.2) is 38.2 Å². The highest BCUT2D eigenvalue weighted by Crippen LogP contribution is 2.14. The molecule has 1 amide bonds. The number of hydrogen-bond acceptors (Lipinski definition) is 5. The zero-order valence-electron chi connectivity index (χ0n) is 14.2. The number of sulfone groups is 1. The molecule has 0 aliphatic heterocycles. The highest BCUT2D eigenvalue weighted by atomic mass is 32.2. The molecule has 0 atom stereocenters. The van der Waals surface area contributed by atoms with E-state index in [1.165, 1.54) is 12.2 Å². The molecule has 0 bridgehead atoms. The van der Waals surface area contributed by atoms with Crippen LogP contribution in [-0.2, 0) is 14.6 Å². The van der Waals surface area contributed by atoms with Gasteiger partial charge in [0.15, 0.2) is 9.84 Å². The molecule has 0 fully saturated rings. The molecule has 0 radical (unpaired) electrons. The molecule has 0 heterocycles. The molecule has 8 nitrogen and oxygen atoms in total. The van der Waals surface area contributed by atoms with Gasteiger partial charge in [0, 0.05) is 23.7 Å². The molecule has 0 aliphatic rings. The van der Waals surface area contributed by atoms with Gasteiger partial charge >= 0.3 is 0 Å². The largest absolute Gasteiger partial charge is 0.378 e. The molecule has 0 aliphatic carbocycles. The van der Waals surface area contributed by atoms with Gasteiger partial charge in [-0.2, -0.15) is 0 Å². The Hall–Kier alpha value is -2.77. The summed E-state index contributed by atoms with van der Waals surface area (Å²) in [4.78, 5) is 16.3. The highest BCUT2D eigenvalue weighted by Gasteiger charge is 2.24. The van der Waals surface area contributed by atoms with Crippen LogP contribution >= 0.6 is 0 Å². The lowest BCUT2D eigenvalue weighted by Gasteiger charge is -2.14. The zero-order valence-corrected chi connectivity index (χ0v) is 15.0. The van der Waals surface area contributed by atoms with E-state index in [-0.39, 0.29) is 0 Å². The van der Waals surface area contributed by atoms with E-state index in [0.29, 0.717) is 5.69 Å². The molecule has 0 spiro atoms. The second-order valence-corrected chi connectivity index (χ2v) is 6.82. The molecular weight excluding hydrogens is 342 g/mol. The number of carbonyl (C=O) groups is 1. The maximum Gasteiger partial charge on any atom is 0.267 e. The fourth-order valence-corrected chi connectivity index (χ4v) is 2.85. The Morgan fingerprint density at radius 1 is 1.28 bits per heavy atom. The van der Waals surface area contributed by atoms with Gasteiger partial charge in [-0.05, 0) is 49.9 Å². The number of hydrogen-bond donors (Lipinski definition) is 1. The number of allylic oxidation sites excluding steroid dienone is 2. The minimum atomic E-state index is -4.06. The van der Waals surface area contributed by atoms with E-state index in [4.69, 9.17) is 5.53 Å². The molecule has 1 N–H and O–H groups in total. The quantitative estimate of drug-likeness (QED) is 0.239. The van der Waals surface area contributed by atoms with Crippen molar-refractivity contribution in [3.63, 3.8) is 0 Å². The first-order valence-electron chi connectivity index (χ1n) is 7.67. The van der Waals surface area contributed by atoms with Crippen molar-refractivity contribution in [1.29, 1.82) is 0 Å². The lowest BCUT2D eigenvalue weighted by atomic mass is 10.3. The fourth-order valence-electron chi connectivity index (χ4n) is 1.89. The molecule has 1 aromatic carbocycles. The Labute approximate surface area is 147 Å². The van der Waals surface area contributed by atoms with Gasteiger partial charge in [0.2, 0.25) is 0 Å². The normalized spacial score (nSPS) is 11.8. The number of azide groups is 1. The topological polar surface area (TPSA) is 115 Å². The van der Waals surface area contributed by atoms with E-state index in [2.05, 4.69) is 15.3 Å². The summed E-state index contributed by atoms with van der Waals surface area (Å²) in [6.45, 7) is 5.41. The van der Waals surface area contributed by atoms with E-state index in [9.17, 15) is 13.2 Å². The van der Waals surface area contributed by atoms with Crippen LogP contribution in [0.25, 0.3) is 10.4 Å². The van der Waals surface area contributed by atoms with E-state index in [1.807, 2.05) is 18.7 Å². The van der Waals surface area contributed by atoms with Crippen LogP contribution in [0.2, 0.25) is 0 Å². The summed E-state index contributed by atoms with van der Waals surface area (Å²) in [5.74, 6) is -1.61. The number of carbonyl (C=O) groups excluding carboxylic acids is 1. The van der Waals surface area contributed by atoms with Gasteiger partial charge in [0.05, 0.1) is 0 Å². The predicted molar refractivity (Wildman–Crippen MR) is 98.1 cm³/mol. The third-order valence-corrected chi connectivity index (χ3v) is 4.69. The summed E-state index contributed by atoms with van der Waals surface area (Å²) in [5, 5.41) is 5.59. The maximum absolute atomic E-state index is 12.4. The average Bonchev–Trinajstić information content (AvgIpc) is 2.60. The van der Waals surface area contributed by atoms with Crippen molar-refractivity contribution < 1.29 is 13.2 Å². The first kappa shape index (κ1) is 20.3. The second-order valence-electron chi connectivity index (χ2n) is 4.89. The summed E-state index contributed by atoms with van der Waals surface area (Å²) in [7, 11) is -4.06. The van der Waals surface area contributed by atoms with Crippen molar-refractivity contribution in [2.24, 2.45) is 5.11 Å². The maximum atomic E-state index is 12.4. The predicted octanol–water partition coefficient (Wildman–Crippen LogP) is 3.05. The number of nitrogens with one attached hydrogen (secondary N) is 1. The molecule has 0 saturated carbocycles. The minimum Gasteiger partial charge on any atom is -0.378 e. The standard InChI is InChI=1S/C16H21N5O3S/c1-3-21(4-2)12-8-11-15(25(23,24)13-18-20-17)16(22)19-14-9-6-5-7-10-14/h5-12H,3-4,13H2,1-2H3,(H,19,22). The van der Waals surface area contributed by atoms with Crippen molar-refractivity contribution in [3.05, 3.63) is 64.0 Å². The number of benzene rings is 1. The summed E-state index contributed by atoms with van der Waals surface area (Å²) in [5.41, 5.74) is 8.81. The van der Waals surface area contributed by atoms with Crippen molar-refractivity contribution >= 4 is 21.4 Å². The smallest absolute Gasteiger partial charge is 0.267 e. The SMILES string of the molecule is CCN(C=CC=C(C(=O)Nc1ccccc1)S(=O)(=O)CN=[N+]=[N-])CC. The molecule has 0 aromatic heterocycles. The summed E-state index contributed by atoms with van der Waals surface area (Å²) < 4.78 is 24.6. The van der Waals surface area contributed by atoms with Crippen LogP contribution in [0, 0.1) is 0 Å². The lowest BCUT2D eigenvalue weighted by Crippen LogP contribution is -2.22. The van der Waals surface area contributed by atoms with Crippen molar-refractivity contribution in [2.45, 2.75) is 13.8 Å². The van der Waals surface area contributed by atoms with Crippen LogP contribution in [0.3, 0.4) is 0 Å². The summed E-state index contributed by atoms with van der Waals surface area (Å²) in [6.07, 6.45) is 4.39. The summed E-state index contributed by atoms with van der Waals surface area (Å²) in [6, 6.07) is 8.49. The van der Waals surface area contributed by atoms with E-state index in [0.717, 1.165) is 13.1 Å². The van der Waals surface area contributed by atoms with Crippen molar-refractivity contribution in [2.75, 3.05) is 24.3 Å². The van der Waals surface area contributed by atoms with Crippen LogP contribution in [0.4, 0.5) is 5.69 Å². The van der Waals surface area contributed by atoms with Crippen molar-refractivity contribution in [1.82, 2.24) is 4.90 Å². The van der Waals surface area contributed by atoms with E-state index < -0.39 is 26.5 Å². The van der Waals surface area contributed by atoms with Crippen LogP contribution in [0.1, 0.15) is 13.8 Å². The van der Waals surface area contributed by atoms with Crippen molar-refractivity contribution in [3.8, 4) is 0 Å². The first-order valence-corrected chi connectivity index (χ1v) is 9.32. The fraction of sp³-hybridized carbons (Fsp3) is 0.312. The Bertz CT molecular complexity index is 777. The van der Waals surface area contributed by atoms with Gasteiger partial charge < -0.3 is 10.2 Å². The molecule has 1 rings (SSSR count). The molecule has 0 saturated heterocycles. The third-order valence-electron chi connectivity index (χ3n) is 3.24. The first-order chi connectivity index (χ1) is 11.9. The number of rotatable bonds is 9. The average molecular weight is 363 g/mol. The lowest BCUT2D eigenvalue weighted by molar-refractivity contribution is -0.112. The summed E-state index contributed by atoms with van der Waals surface area (Å²) >= 11 is 0. The van der Waals surface area contributed by atoms with Gasteiger partial charge in [-0.15, -0.1) is 0 Å². The van der Waals surface area contributed by atoms with Gasteiger partial charge in [-0.3, -0.25) is 4.79 Å². The van der Waals surface area contributed by atoms with E-state index in [1.54, 1.807) is 36.5 Å². The zero-order chi connectivity index (χ0) is 18.7. The van der Waals surface area contributed by atoms with Crippen LogP contribution in [0.5, 0.6) is 0 Å². The van der Waals surface area contributed by atoms with Gasteiger partial charge in [-0.1, -0.05) is 23.3 Å². The molecule has 25 heavy (non-hydrogen) atoms. The number of para-hydroxylation sites is 1. The minimum absolute atomic E-state index is 0.463. The van der Waals surface area contributed by atoms with E-state index >= 15 is 0 Å². The number of nitrogens with zero attached hydrogens (tertiary/aromatic N) is 4. The van der Waals surface area contributed by atoms with Gasteiger partial charge in [0.1, 0.15) is 10.8 Å². The molecule has 1 aromatic rings. The van der Waals surface area contributed by atoms with Crippen LogP contribution in [0.15, 0.2) is 58.7 Å². The van der Waals surface area contributed by atoms with Gasteiger partial charge in [0.25, 0.3) is 5.91 Å². The monoisotopic (exact) mass is 363 g/mol. The number of anilines is 1. The highest BCUT2D eigenvalue weighted by molar-refractivity contribution is 7.96. The second kappa shape index (κ2) is 10.2. The Morgan fingerprint density at radius 2 is 1.92 bits per heavy atom. The molecule has 9 heteroatoms. The Balaban J connectivity index is 3.13. The van der Waals surface area contributed by atoms with Gasteiger partial charge in [-0.25, -0.2) is 8.42 Å². The Morgan fingerprint density at radius 3 is 2.48 bits per heavy atom. The van der Waals surface area contributed by atoms with Crippen LogP contribution < -0.4 is 5.32 Å². The molecule has 0 unspecified atom stereocenters. The molecular formula is C16H21N5O3S. The Kier molecular flexibility index (Phi) is 8.25.